The number of benzene rings is 1. The molecule has 0 aliphatic carbocycles. The molecule has 4 heteroatoms. The summed E-state index contributed by atoms with van der Waals surface area (Å²) in [4.78, 5) is 0. The highest BCUT2D eigenvalue weighted by Crippen LogP contribution is 2.11. The lowest BCUT2D eigenvalue weighted by Gasteiger charge is -2.14. The number of ether oxygens (including phenoxy) is 1. The molecule has 1 aromatic heterocycles. The Balaban J connectivity index is 1.78. The smallest absolute Gasteiger partial charge is 0.120 e. The Kier molecular flexibility index (Phi) is 5.02. The van der Waals surface area contributed by atoms with E-state index in [2.05, 4.69) is 25.2 Å². The molecule has 1 aromatic carbocycles. The average Bonchev–Trinajstić information content (AvgIpc) is 2.85. The van der Waals surface area contributed by atoms with Gasteiger partial charge in [-0.1, -0.05) is 17.7 Å². The molecule has 0 saturated carbocycles. The Morgan fingerprint density at radius 3 is 2.67 bits per heavy atom. The minimum absolute atomic E-state index is 0.233. The van der Waals surface area contributed by atoms with Gasteiger partial charge in [0.2, 0.25) is 0 Å². The SMILES string of the molecule is Cc1ccc(OCC(C)NCc2cc(C#N)n(C)c2)cc1. The first-order chi connectivity index (χ1) is 10.1. The molecule has 0 amide bonds. The second-order valence-corrected chi connectivity index (χ2v) is 5.36. The largest absolute Gasteiger partial charge is 0.492 e. The molecule has 0 aliphatic heterocycles. The van der Waals surface area contributed by atoms with Gasteiger partial charge in [0.1, 0.15) is 24.1 Å². The van der Waals surface area contributed by atoms with Gasteiger partial charge in [-0.05, 0) is 37.6 Å². The molecule has 1 atom stereocenters. The third-order valence-electron chi connectivity index (χ3n) is 3.35. The summed E-state index contributed by atoms with van der Waals surface area (Å²) < 4.78 is 7.58. The molecule has 0 fully saturated rings. The van der Waals surface area contributed by atoms with E-state index in [1.807, 2.05) is 48.1 Å². The van der Waals surface area contributed by atoms with E-state index in [0.717, 1.165) is 17.9 Å². The summed E-state index contributed by atoms with van der Waals surface area (Å²) in [7, 11) is 1.88. The average molecular weight is 283 g/mol. The molecule has 1 N–H and O–H groups in total. The van der Waals surface area contributed by atoms with Crippen LogP contribution in [-0.2, 0) is 13.6 Å². The Morgan fingerprint density at radius 1 is 1.33 bits per heavy atom. The zero-order chi connectivity index (χ0) is 15.2. The zero-order valence-corrected chi connectivity index (χ0v) is 12.8. The minimum atomic E-state index is 0.233. The van der Waals surface area contributed by atoms with Crippen molar-refractivity contribution in [2.75, 3.05) is 6.61 Å². The first-order valence-corrected chi connectivity index (χ1v) is 7.06. The van der Waals surface area contributed by atoms with Crippen LogP contribution in [0, 0.1) is 18.3 Å². The van der Waals surface area contributed by atoms with E-state index in [-0.39, 0.29) is 6.04 Å². The fourth-order valence-electron chi connectivity index (χ4n) is 2.05. The van der Waals surface area contributed by atoms with Crippen LogP contribution >= 0.6 is 0 Å². The number of nitrogens with one attached hydrogen (secondary N) is 1. The van der Waals surface area contributed by atoms with Gasteiger partial charge in [0.25, 0.3) is 0 Å². The highest BCUT2D eigenvalue weighted by molar-refractivity contribution is 5.28. The van der Waals surface area contributed by atoms with Gasteiger partial charge >= 0.3 is 0 Å². The normalized spacial score (nSPS) is 11.9. The van der Waals surface area contributed by atoms with E-state index in [9.17, 15) is 0 Å². The van der Waals surface area contributed by atoms with Crippen LogP contribution in [0.15, 0.2) is 36.5 Å². The molecular weight excluding hydrogens is 262 g/mol. The van der Waals surface area contributed by atoms with Gasteiger partial charge in [0, 0.05) is 25.8 Å². The van der Waals surface area contributed by atoms with E-state index in [1.165, 1.54) is 5.56 Å². The number of aryl methyl sites for hydroxylation is 2. The maximum Gasteiger partial charge on any atom is 0.120 e. The van der Waals surface area contributed by atoms with Crippen LogP contribution in [0.1, 0.15) is 23.7 Å². The molecule has 4 nitrogen and oxygen atoms in total. The predicted octanol–water partition coefficient (Wildman–Crippen LogP) is 2.76. The van der Waals surface area contributed by atoms with Gasteiger partial charge in [0.15, 0.2) is 0 Å². The van der Waals surface area contributed by atoms with E-state index in [4.69, 9.17) is 10.00 Å². The molecule has 0 radical (unpaired) electrons. The van der Waals surface area contributed by atoms with Crippen molar-refractivity contribution in [1.29, 1.82) is 5.26 Å². The second-order valence-electron chi connectivity index (χ2n) is 5.36. The lowest BCUT2D eigenvalue weighted by Crippen LogP contribution is -2.31. The molecular formula is C17H21N3O. The molecule has 0 aliphatic rings. The van der Waals surface area contributed by atoms with E-state index < -0.39 is 0 Å². The van der Waals surface area contributed by atoms with Crippen molar-refractivity contribution < 1.29 is 4.74 Å². The Morgan fingerprint density at radius 2 is 2.05 bits per heavy atom. The highest BCUT2D eigenvalue weighted by atomic mass is 16.5. The number of nitriles is 1. The van der Waals surface area contributed by atoms with Crippen molar-refractivity contribution in [3.8, 4) is 11.8 Å². The van der Waals surface area contributed by atoms with Crippen LogP contribution in [0.4, 0.5) is 0 Å². The minimum Gasteiger partial charge on any atom is -0.492 e. The fourth-order valence-corrected chi connectivity index (χ4v) is 2.05. The summed E-state index contributed by atoms with van der Waals surface area (Å²) in [5.41, 5.74) is 3.01. The monoisotopic (exact) mass is 283 g/mol. The van der Waals surface area contributed by atoms with Crippen molar-refractivity contribution in [2.24, 2.45) is 7.05 Å². The molecule has 0 spiro atoms. The van der Waals surface area contributed by atoms with Crippen LogP contribution in [0.2, 0.25) is 0 Å². The quantitative estimate of drug-likeness (QED) is 0.887. The number of nitrogens with zero attached hydrogens (tertiary/aromatic N) is 2. The van der Waals surface area contributed by atoms with Crippen molar-refractivity contribution in [2.45, 2.75) is 26.4 Å². The van der Waals surface area contributed by atoms with Crippen LogP contribution in [0.25, 0.3) is 0 Å². The van der Waals surface area contributed by atoms with Gasteiger partial charge in [-0.25, -0.2) is 0 Å². The number of hydrogen-bond donors (Lipinski definition) is 1. The number of hydrogen-bond acceptors (Lipinski definition) is 3. The summed E-state index contributed by atoms with van der Waals surface area (Å²) in [6, 6.07) is 12.4. The summed E-state index contributed by atoms with van der Waals surface area (Å²) in [5, 5.41) is 12.3. The molecule has 2 rings (SSSR count). The Bertz CT molecular complexity index is 622. The first-order valence-electron chi connectivity index (χ1n) is 7.06. The maximum atomic E-state index is 8.93. The number of rotatable bonds is 6. The molecule has 1 heterocycles. The van der Waals surface area contributed by atoms with Gasteiger partial charge in [-0.3, -0.25) is 0 Å². The standard InChI is InChI=1S/C17H21N3O/c1-13-4-6-17(7-5-13)21-12-14(2)19-10-15-8-16(9-18)20(3)11-15/h4-8,11,14,19H,10,12H2,1-3H3. The van der Waals surface area contributed by atoms with Crippen LogP contribution in [-0.4, -0.2) is 17.2 Å². The predicted molar refractivity (Wildman–Crippen MR) is 83.1 cm³/mol. The molecule has 110 valence electrons. The lowest BCUT2D eigenvalue weighted by atomic mass is 10.2. The third kappa shape index (κ3) is 4.37. The van der Waals surface area contributed by atoms with E-state index in [1.54, 1.807) is 0 Å². The van der Waals surface area contributed by atoms with Gasteiger partial charge in [-0.15, -0.1) is 0 Å². The van der Waals surface area contributed by atoms with Gasteiger partial charge < -0.3 is 14.6 Å². The van der Waals surface area contributed by atoms with Crippen molar-refractivity contribution in [1.82, 2.24) is 9.88 Å². The summed E-state index contributed by atoms with van der Waals surface area (Å²) in [6.07, 6.45) is 1.97. The summed E-state index contributed by atoms with van der Waals surface area (Å²) in [6.45, 7) is 5.49. The van der Waals surface area contributed by atoms with Crippen molar-refractivity contribution in [3.63, 3.8) is 0 Å². The highest BCUT2D eigenvalue weighted by Gasteiger charge is 2.06. The third-order valence-corrected chi connectivity index (χ3v) is 3.35. The van der Waals surface area contributed by atoms with Crippen LogP contribution in [0.3, 0.4) is 0 Å². The Labute approximate surface area is 126 Å². The van der Waals surface area contributed by atoms with Crippen LogP contribution in [0.5, 0.6) is 5.75 Å². The van der Waals surface area contributed by atoms with Gasteiger partial charge in [0.05, 0.1) is 0 Å². The fraction of sp³-hybridized carbons (Fsp3) is 0.353. The molecule has 0 bridgehead atoms. The second kappa shape index (κ2) is 6.96. The maximum absolute atomic E-state index is 8.93. The molecule has 2 aromatic rings. The van der Waals surface area contributed by atoms with E-state index >= 15 is 0 Å². The summed E-state index contributed by atoms with van der Waals surface area (Å²) in [5.74, 6) is 0.890. The van der Waals surface area contributed by atoms with E-state index in [0.29, 0.717) is 12.3 Å². The summed E-state index contributed by atoms with van der Waals surface area (Å²) >= 11 is 0. The van der Waals surface area contributed by atoms with Crippen LogP contribution < -0.4 is 10.1 Å². The zero-order valence-electron chi connectivity index (χ0n) is 12.8. The van der Waals surface area contributed by atoms with Crippen molar-refractivity contribution >= 4 is 0 Å². The number of aromatic nitrogens is 1. The lowest BCUT2D eigenvalue weighted by molar-refractivity contribution is 0.272. The Hall–Kier alpha value is -2.25. The molecule has 21 heavy (non-hydrogen) atoms. The first kappa shape index (κ1) is 15.1. The molecule has 0 saturated heterocycles. The van der Waals surface area contributed by atoms with Crippen molar-refractivity contribution in [3.05, 3.63) is 53.3 Å². The topological polar surface area (TPSA) is 50.0 Å². The molecule has 1 unspecified atom stereocenters. The van der Waals surface area contributed by atoms with Gasteiger partial charge in [-0.2, -0.15) is 5.26 Å².